The van der Waals surface area contributed by atoms with Crippen LogP contribution in [0.3, 0.4) is 0 Å². The topological polar surface area (TPSA) is 12.0 Å². The van der Waals surface area contributed by atoms with Crippen molar-refractivity contribution in [3.63, 3.8) is 0 Å². The molecule has 0 aliphatic heterocycles. The summed E-state index contributed by atoms with van der Waals surface area (Å²) in [7, 11) is 0. The molecule has 1 atom stereocenters. The molecule has 0 amide bonds. The van der Waals surface area contributed by atoms with E-state index in [2.05, 4.69) is 12.2 Å². The maximum Gasteiger partial charge on any atom is 0.123 e. The molecule has 19 heavy (non-hydrogen) atoms. The van der Waals surface area contributed by atoms with Crippen molar-refractivity contribution >= 4 is 17.3 Å². The average Bonchev–Trinajstić information content (AvgIpc) is 2.36. The second-order valence-corrected chi connectivity index (χ2v) is 5.27. The van der Waals surface area contributed by atoms with Gasteiger partial charge in [-0.15, -0.1) is 0 Å². The van der Waals surface area contributed by atoms with E-state index in [0.29, 0.717) is 0 Å². The number of benzene rings is 2. The highest BCUT2D eigenvalue weighted by molar-refractivity contribution is 6.30. The van der Waals surface area contributed by atoms with E-state index >= 15 is 0 Å². The fourth-order valence-electron chi connectivity index (χ4n) is 2.08. The van der Waals surface area contributed by atoms with Crippen molar-refractivity contribution in [3.8, 4) is 0 Å². The van der Waals surface area contributed by atoms with E-state index in [-0.39, 0.29) is 11.9 Å². The number of anilines is 1. The summed E-state index contributed by atoms with van der Waals surface area (Å²) in [6.45, 7) is 4.14. The minimum absolute atomic E-state index is 0.196. The van der Waals surface area contributed by atoms with Crippen LogP contribution in [0.1, 0.15) is 18.1 Å². The van der Waals surface area contributed by atoms with Crippen molar-refractivity contribution in [2.45, 2.75) is 26.3 Å². The van der Waals surface area contributed by atoms with Crippen LogP contribution in [-0.4, -0.2) is 6.04 Å². The minimum atomic E-state index is -0.196. The lowest BCUT2D eigenvalue weighted by atomic mass is 10.1. The first-order valence-electron chi connectivity index (χ1n) is 6.32. The predicted octanol–water partition coefficient (Wildman–Crippen LogP) is 4.83. The standard InChI is InChI=1S/C16H17ClFN/c1-11-9-14(17)5-8-16(11)19-12(2)10-13-3-6-15(18)7-4-13/h3-9,12,19H,10H2,1-2H3. The Balaban J connectivity index is 2.01. The zero-order valence-electron chi connectivity index (χ0n) is 11.1. The predicted molar refractivity (Wildman–Crippen MR) is 79.4 cm³/mol. The number of hydrogen-bond donors (Lipinski definition) is 1. The van der Waals surface area contributed by atoms with Crippen molar-refractivity contribution in [1.82, 2.24) is 0 Å². The number of nitrogens with one attached hydrogen (secondary N) is 1. The Morgan fingerprint density at radius 1 is 1.16 bits per heavy atom. The summed E-state index contributed by atoms with van der Waals surface area (Å²) in [5.41, 5.74) is 3.32. The van der Waals surface area contributed by atoms with Crippen molar-refractivity contribution in [2.75, 3.05) is 5.32 Å². The first-order valence-corrected chi connectivity index (χ1v) is 6.69. The van der Waals surface area contributed by atoms with Gasteiger partial charge in [-0.2, -0.15) is 0 Å². The molecular formula is C16H17ClFN. The number of halogens is 2. The Kier molecular flexibility index (Phi) is 4.43. The molecule has 0 spiro atoms. The van der Waals surface area contributed by atoms with Crippen molar-refractivity contribution in [3.05, 3.63) is 64.4 Å². The van der Waals surface area contributed by atoms with E-state index in [1.807, 2.05) is 37.3 Å². The first kappa shape index (κ1) is 13.9. The highest BCUT2D eigenvalue weighted by Crippen LogP contribution is 2.21. The summed E-state index contributed by atoms with van der Waals surface area (Å²) in [6.07, 6.45) is 0.850. The Morgan fingerprint density at radius 3 is 2.47 bits per heavy atom. The van der Waals surface area contributed by atoms with Gasteiger partial charge in [-0.1, -0.05) is 23.7 Å². The zero-order valence-corrected chi connectivity index (χ0v) is 11.8. The van der Waals surface area contributed by atoms with E-state index in [1.54, 1.807) is 0 Å². The molecule has 2 aromatic rings. The summed E-state index contributed by atoms with van der Waals surface area (Å²) in [4.78, 5) is 0. The van der Waals surface area contributed by atoms with Gasteiger partial charge in [-0.3, -0.25) is 0 Å². The first-order chi connectivity index (χ1) is 9.04. The van der Waals surface area contributed by atoms with E-state index in [9.17, 15) is 4.39 Å². The van der Waals surface area contributed by atoms with E-state index in [0.717, 1.165) is 28.3 Å². The molecule has 0 saturated carbocycles. The van der Waals surface area contributed by atoms with Crippen molar-refractivity contribution in [1.29, 1.82) is 0 Å². The van der Waals surface area contributed by atoms with Crippen molar-refractivity contribution < 1.29 is 4.39 Å². The lowest BCUT2D eigenvalue weighted by Gasteiger charge is -2.17. The monoisotopic (exact) mass is 277 g/mol. The second-order valence-electron chi connectivity index (χ2n) is 4.84. The van der Waals surface area contributed by atoms with Crippen LogP contribution in [0.4, 0.5) is 10.1 Å². The molecule has 0 aromatic heterocycles. The largest absolute Gasteiger partial charge is 0.382 e. The van der Waals surface area contributed by atoms with Crippen LogP contribution in [0.15, 0.2) is 42.5 Å². The lowest BCUT2D eigenvalue weighted by Crippen LogP contribution is -2.18. The van der Waals surface area contributed by atoms with Gasteiger partial charge in [0.05, 0.1) is 0 Å². The van der Waals surface area contributed by atoms with Crippen LogP contribution in [0.25, 0.3) is 0 Å². The molecule has 1 unspecified atom stereocenters. The van der Waals surface area contributed by atoms with Gasteiger partial charge in [0.2, 0.25) is 0 Å². The highest BCUT2D eigenvalue weighted by Gasteiger charge is 2.06. The number of rotatable bonds is 4. The fourth-order valence-corrected chi connectivity index (χ4v) is 2.31. The molecule has 3 heteroatoms. The van der Waals surface area contributed by atoms with Crippen molar-refractivity contribution in [2.24, 2.45) is 0 Å². The van der Waals surface area contributed by atoms with Crippen LogP contribution in [-0.2, 0) is 6.42 Å². The van der Waals surface area contributed by atoms with E-state index < -0.39 is 0 Å². The molecule has 0 fully saturated rings. The summed E-state index contributed by atoms with van der Waals surface area (Å²) in [5, 5.41) is 4.19. The molecule has 0 aliphatic rings. The van der Waals surface area contributed by atoms with Gasteiger partial charge in [0.15, 0.2) is 0 Å². The van der Waals surface area contributed by atoms with Gasteiger partial charge < -0.3 is 5.32 Å². The molecular weight excluding hydrogens is 261 g/mol. The van der Waals surface area contributed by atoms with Crippen LogP contribution < -0.4 is 5.32 Å². The molecule has 1 N–H and O–H groups in total. The smallest absolute Gasteiger partial charge is 0.123 e. The summed E-state index contributed by atoms with van der Waals surface area (Å²) < 4.78 is 12.8. The third-order valence-electron chi connectivity index (χ3n) is 3.05. The Bertz CT molecular complexity index is 551. The summed E-state index contributed by atoms with van der Waals surface area (Å²) in [6, 6.07) is 12.7. The molecule has 0 radical (unpaired) electrons. The quantitative estimate of drug-likeness (QED) is 0.844. The van der Waals surface area contributed by atoms with Crippen LogP contribution in [0.5, 0.6) is 0 Å². The number of hydrogen-bond acceptors (Lipinski definition) is 1. The van der Waals surface area contributed by atoms with Gasteiger partial charge in [-0.25, -0.2) is 4.39 Å². The zero-order chi connectivity index (χ0) is 13.8. The Morgan fingerprint density at radius 2 is 1.84 bits per heavy atom. The van der Waals surface area contributed by atoms with Crippen LogP contribution in [0, 0.1) is 12.7 Å². The fraction of sp³-hybridized carbons (Fsp3) is 0.250. The SMILES string of the molecule is Cc1cc(Cl)ccc1NC(C)Cc1ccc(F)cc1. The van der Waals surface area contributed by atoms with E-state index in [1.165, 1.54) is 12.1 Å². The summed E-state index contributed by atoms with van der Waals surface area (Å²) in [5.74, 6) is -0.196. The third-order valence-corrected chi connectivity index (χ3v) is 3.28. The number of aryl methyl sites for hydroxylation is 1. The molecule has 0 saturated heterocycles. The van der Waals surface area contributed by atoms with Gasteiger partial charge in [-0.05, 0) is 61.7 Å². The van der Waals surface area contributed by atoms with Gasteiger partial charge in [0.1, 0.15) is 5.82 Å². The van der Waals surface area contributed by atoms with Gasteiger partial charge in [0.25, 0.3) is 0 Å². The Labute approximate surface area is 118 Å². The second kappa shape index (κ2) is 6.07. The highest BCUT2D eigenvalue weighted by atomic mass is 35.5. The molecule has 0 heterocycles. The molecule has 2 rings (SSSR count). The third kappa shape index (κ3) is 3.97. The van der Waals surface area contributed by atoms with Crippen LogP contribution >= 0.6 is 11.6 Å². The molecule has 1 nitrogen and oxygen atoms in total. The molecule has 2 aromatic carbocycles. The molecule has 100 valence electrons. The molecule has 0 aliphatic carbocycles. The van der Waals surface area contributed by atoms with Gasteiger partial charge in [0, 0.05) is 16.8 Å². The average molecular weight is 278 g/mol. The lowest BCUT2D eigenvalue weighted by molar-refractivity contribution is 0.626. The minimum Gasteiger partial charge on any atom is -0.382 e. The maximum absolute atomic E-state index is 12.8. The normalized spacial score (nSPS) is 12.2. The summed E-state index contributed by atoms with van der Waals surface area (Å²) >= 11 is 5.93. The molecule has 0 bridgehead atoms. The van der Waals surface area contributed by atoms with Crippen LogP contribution in [0.2, 0.25) is 5.02 Å². The van der Waals surface area contributed by atoms with Gasteiger partial charge >= 0.3 is 0 Å². The maximum atomic E-state index is 12.8. The Hall–Kier alpha value is -1.54. The van der Waals surface area contributed by atoms with E-state index in [4.69, 9.17) is 11.6 Å².